The number of nitrogens with zero attached hydrogens (tertiary/aromatic N) is 2. The van der Waals surface area contributed by atoms with Gasteiger partial charge in [0.15, 0.2) is 0 Å². The van der Waals surface area contributed by atoms with E-state index in [2.05, 4.69) is 24.1 Å². The topological polar surface area (TPSA) is 59.1 Å². The third-order valence-electron chi connectivity index (χ3n) is 8.03. The van der Waals surface area contributed by atoms with Gasteiger partial charge in [-0.15, -0.1) is 0 Å². The zero-order chi connectivity index (χ0) is 26.1. The fourth-order valence-electron chi connectivity index (χ4n) is 6.17. The molecule has 1 saturated heterocycles. The third kappa shape index (κ3) is 5.09. The fourth-order valence-corrected chi connectivity index (χ4v) is 6.49. The molecular weight excluding hydrogens is 499 g/mol. The molecule has 3 atom stereocenters. The molecular formula is C28H34Cl2N2O4. The van der Waals surface area contributed by atoms with Crippen LogP contribution in [0.25, 0.3) is 0 Å². The first-order chi connectivity index (χ1) is 17.1. The highest BCUT2D eigenvalue weighted by molar-refractivity contribution is 6.42. The standard InChI is InChI=1S/C28H34Cl2N2O4/c1-19(33)36-28-11-10-22(32(3)26(34)15-20-8-9-24(29)25(30)14-20)17-27(28,12-13-31(2)18-28)21-6-5-7-23(16-21)35-4/h5-9,14,16,22H,10-13,15,17-18H2,1-4H3/t22-,27-,28-/m0/s1. The second-order valence-electron chi connectivity index (χ2n) is 10.2. The van der Waals surface area contributed by atoms with Gasteiger partial charge in [0.05, 0.1) is 23.6 Å². The SMILES string of the molecule is COc1cccc([C@@]23CCN(C)C[C@@]2(OC(C)=O)CC[C@H](N(C)C(=O)Cc2ccc(Cl)c(Cl)c2)C3)c1. The maximum absolute atomic E-state index is 13.4. The minimum atomic E-state index is -0.678. The molecule has 8 heteroatoms. The van der Waals surface area contributed by atoms with Gasteiger partial charge in [0, 0.05) is 32.0 Å². The van der Waals surface area contributed by atoms with Crippen molar-refractivity contribution in [3.05, 3.63) is 63.6 Å². The maximum atomic E-state index is 13.4. The van der Waals surface area contributed by atoms with Crippen molar-refractivity contribution in [3.8, 4) is 5.75 Å². The molecule has 2 aliphatic rings. The van der Waals surface area contributed by atoms with Crippen LogP contribution in [0.15, 0.2) is 42.5 Å². The molecule has 1 saturated carbocycles. The lowest BCUT2D eigenvalue weighted by Crippen LogP contribution is -2.68. The van der Waals surface area contributed by atoms with Crippen LogP contribution >= 0.6 is 23.2 Å². The number of halogens is 2. The van der Waals surface area contributed by atoms with Crippen molar-refractivity contribution in [1.29, 1.82) is 0 Å². The summed E-state index contributed by atoms with van der Waals surface area (Å²) >= 11 is 12.2. The van der Waals surface area contributed by atoms with Crippen LogP contribution in [0.3, 0.4) is 0 Å². The number of benzene rings is 2. The Morgan fingerprint density at radius 2 is 1.92 bits per heavy atom. The minimum Gasteiger partial charge on any atom is -0.497 e. The van der Waals surface area contributed by atoms with Gasteiger partial charge in [0.1, 0.15) is 11.4 Å². The van der Waals surface area contributed by atoms with E-state index in [1.807, 2.05) is 30.1 Å². The van der Waals surface area contributed by atoms with E-state index in [0.29, 0.717) is 29.4 Å². The largest absolute Gasteiger partial charge is 0.497 e. The van der Waals surface area contributed by atoms with E-state index in [0.717, 1.165) is 36.3 Å². The van der Waals surface area contributed by atoms with Gasteiger partial charge in [-0.3, -0.25) is 9.59 Å². The first-order valence-electron chi connectivity index (χ1n) is 12.3. The molecule has 2 aromatic rings. The molecule has 1 aliphatic heterocycles. The van der Waals surface area contributed by atoms with Crippen LogP contribution in [-0.2, 0) is 26.2 Å². The fraction of sp³-hybridized carbons (Fsp3) is 0.500. The van der Waals surface area contributed by atoms with Crippen LogP contribution in [-0.4, -0.2) is 67.6 Å². The van der Waals surface area contributed by atoms with Crippen LogP contribution < -0.4 is 4.74 Å². The second kappa shape index (κ2) is 10.6. The van der Waals surface area contributed by atoms with Gasteiger partial charge >= 0.3 is 5.97 Å². The summed E-state index contributed by atoms with van der Waals surface area (Å²) in [5, 5.41) is 0.912. The van der Waals surface area contributed by atoms with Gasteiger partial charge in [0.25, 0.3) is 0 Å². The lowest BCUT2D eigenvalue weighted by atomic mass is 9.55. The Morgan fingerprint density at radius 3 is 2.61 bits per heavy atom. The number of carbonyl (C=O) groups excluding carboxylic acids is 2. The van der Waals surface area contributed by atoms with Crippen molar-refractivity contribution in [3.63, 3.8) is 0 Å². The summed E-state index contributed by atoms with van der Waals surface area (Å²) in [7, 11) is 5.60. The third-order valence-corrected chi connectivity index (χ3v) is 8.76. The van der Waals surface area contributed by atoms with Crippen molar-refractivity contribution in [2.45, 2.75) is 56.1 Å². The molecule has 36 heavy (non-hydrogen) atoms. The Kier molecular flexibility index (Phi) is 7.89. The molecule has 1 amide bonds. The summed E-state index contributed by atoms with van der Waals surface area (Å²) in [6, 6.07) is 13.4. The molecule has 0 aromatic heterocycles. The van der Waals surface area contributed by atoms with Crippen molar-refractivity contribution in [2.24, 2.45) is 0 Å². The molecule has 194 valence electrons. The molecule has 0 bridgehead atoms. The van der Waals surface area contributed by atoms with E-state index >= 15 is 0 Å². The highest BCUT2D eigenvalue weighted by Gasteiger charge is 2.61. The predicted molar refractivity (Wildman–Crippen MR) is 142 cm³/mol. The molecule has 0 N–H and O–H groups in total. The summed E-state index contributed by atoms with van der Waals surface area (Å²) in [5.41, 5.74) is 0.794. The molecule has 1 aliphatic carbocycles. The van der Waals surface area contributed by atoms with Crippen LogP contribution in [0.4, 0.5) is 0 Å². The highest BCUT2D eigenvalue weighted by atomic mass is 35.5. The Labute approximate surface area is 223 Å². The Bertz CT molecular complexity index is 1140. The predicted octanol–water partition coefficient (Wildman–Crippen LogP) is 5.13. The molecule has 4 rings (SSSR count). The van der Waals surface area contributed by atoms with Crippen molar-refractivity contribution in [2.75, 3.05) is 34.3 Å². The second-order valence-corrected chi connectivity index (χ2v) is 11.0. The van der Waals surface area contributed by atoms with Crippen LogP contribution in [0.2, 0.25) is 10.0 Å². The maximum Gasteiger partial charge on any atom is 0.303 e. The minimum absolute atomic E-state index is 0.00133. The lowest BCUT2D eigenvalue weighted by Gasteiger charge is -2.59. The molecule has 2 fully saturated rings. The Balaban J connectivity index is 1.68. The van der Waals surface area contributed by atoms with Crippen LogP contribution in [0.5, 0.6) is 5.75 Å². The summed E-state index contributed by atoms with van der Waals surface area (Å²) in [6.45, 7) is 3.00. The van der Waals surface area contributed by atoms with E-state index < -0.39 is 11.0 Å². The number of fused-ring (bicyclic) bond motifs is 1. The first-order valence-corrected chi connectivity index (χ1v) is 13.1. The van der Waals surface area contributed by atoms with Gasteiger partial charge in [-0.05, 0) is 74.7 Å². The average molecular weight is 533 g/mol. The van der Waals surface area contributed by atoms with Crippen molar-refractivity contribution >= 4 is 35.1 Å². The normalized spacial score (nSPS) is 26.1. The van der Waals surface area contributed by atoms with E-state index in [9.17, 15) is 9.59 Å². The number of piperidine rings is 1. The van der Waals surface area contributed by atoms with Gasteiger partial charge < -0.3 is 19.3 Å². The molecule has 1 heterocycles. The summed E-state index contributed by atoms with van der Waals surface area (Å²) in [4.78, 5) is 29.8. The number of likely N-dealkylation sites (tertiary alicyclic amines) is 1. The van der Waals surface area contributed by atoms with Crippen LogP contribution in [0.1, 0.15) is 43.7 Å². The molecule has 2 aromatic carbocycles. The highest BCUT2D eigenvalue weighted by Crippen LogP contribution is 2.54. The number of methoxy groups -OCH3 is 1. The van der Waals surface area contributed by atoms with E-state index in [1.54, 1.807) is 19.2 Å². The number of ether oxygens (including phenoxy) is 2. The van der Waals surface area contributed by atoms with Gasteiger partial charge in [-0.2, -0.15) is 0 Å². The Hall–Kier alpha value is -2.28. The summed E-state index contributed by atoms with van der Waals surface area (Å²) < 4.78 is 11.8. The molecule has 0 spiro atoms. The molecule has 6 nitrogen and oxygen atoms in total. The number of rotatable bonds is 6. The van der Waals surface area contributed by atoms with Crippen molar-refractivity contribution < 1.29 is 19.1 Å². The quantitative estimate of drug-likeness (QED) is 0.482. The van der Waals surface area contributed by atoms with Gasteiger partial charge in [-0.1, -0.05) is 41.4 Å². The van der Waals surface area contributed by atoms with E-state index in [1.165, 1.54) is 6.92 Å². The smallest absolute Gasteiger partial charge is 0.303 e. The number of carbonyl (C=O) groups is 2. The van der Waals surface area contributed by atoms with E-state index in [-0.39, 0.29) is 24.3 Å². The Morgan fingerprint density at radius 1 is 1.14 bits per heavy atom. The van der Waals surface area contributed by atoms with Crippen LogP contribution in [0, 0.1) is 0 Å². The molecule has 0 unspecified atom stereocenters. The first kappa shape index (κ1) is 26.8. The lowest BCUT2D eigenvalue weighted by molar-refractivity contribution is -0.188. The monoisotopic (exact) mass is 532 g/mol. The summed E-state index contributed by atoms with van der Waals surface area (Å²) in [6.07, 6.45) is 3.17. The summed E-state index contributed by atoms with van der Waals surface area (Å²) in [5.74, 6) is 0.510. The number of amides is 1. The van der Waals surface area contributed by atoms with E-state index in [4.69, 9.17) is 32.7 Å². The number of hydrogen-bond acceptors (Lipinski definition) is 5. The zero-order valence-corrected chi connectivity index (χ0v) is 22.9. The average Bonchev–Trinajstić information content (AvgIpc) is 2.85. The van der Waals surface area contributed by atoms with Gasteiger partial charge in [-0.25, -0.2) is 0 Å². The van der Waals surface area contributed by atoms with Crippen molar-refractivity contribution in [1.82, 2.24) is 9.80 Å². The zero-order valence-electron chi connectivity index (χ0n) is 21.4. The molecule has 0 radical (unpaired) electrons. The number of hydrogen-bond donors (Lipinski definition) is 0. The number of esters is 1. The number of likely N-dealkylation sites (N-methyl/N-ethyl adjacent to an activating group) is 2. The van der Waals surface area contributed by atoms with Gasteiger partial charge in [0.2, 0.25) is 5.91 Å².